The topological polar surface area (TPSA) is 50.4 Å². The zero-order valence-electron chi connectivity index (χ0n) is 13.6. The fourth-order valence-corrected chi connectivity index (χ4v) is 2.50. The number of anilines is 1. The van der Waals surface area contributed by atoms with Gasteiger partial charge in [0.05, 0.1) is 6.54 Å². The van der Waals surface area contributed by atoms with E-state index in [-0.39, 0.29) is 6.03 Å². The maximum atomic E-state index is 11.9. The van der Waals surface area contributed by atoms with Crippen molar-refractivity contribution < 1.29 is 9.53 Å². The third kappa shape index (κ3) is 4.89. The van der Waals surface area contributed by atoms with Crippen LogP contribution in [0.4, 0.5) is 10.5 Å². The van der Waals surface area contributed by atoms with E-state index < -0.39 is 0 Å². The van der Waals surface area contributed by atoms with E-state index in [0.717, 1.165) is 28.1 Å². The van der Waals surface area contributed by atoms with Gasteiger partial charge in [0.1, 0.15) is 12.4 Å². The summed E-state index contributed by atoms with van der Waals surface area (Å²) in [7, 11) is 0. The van der Waals surface area contributed by atoms with Crippen LogP contribution in [0.25, 0.3) is 0 Å². The van der Waals surface area contributed by atoms with Crippen LogP contribution in [-0.2, 0) is 0 Å². The summed E-state index contributed by atoms with van der Waals surface area (Å²) in [4.78, 5) is 11.9. The summed E-state index contributed by atoms with van der Waals surface area (Å²) in [5, 5.41) is 6.22. The lowest BCUT2D eigenvalue weighted by atomic mass is 10.1. The van der Waals surface area contributed by atoms with Crippen molar-refractivity contribution in [3.05, 3.63) is 58.1 Å². The molecule has 0 fully saturated rings. The molecule has 122 valence electrons. The predicted molar refractivity (Wildman–Crippen MR) is 94.6 cm³/mol. The predicted octanol–water partition coefficient (Wildman–Crippen LogP) is 4.47. The largest absolute Gasteiger partial charge is 0.491 e. The highest BCUT2D eigenvalue weighted by Crippen LogP contribution is 2.22. The standard InChI is InChI=1S/C18H21ClN2O2/c1-12-5-4-6-13(2)17(12)23-10-9-20-18(22)21-16-8-7-15(19)11-14(16)3/h4-8,11H,9-10H2,1-3H3,(H2,20,21,22). The van der Waals surface area contributed by atoms with Crippen molar-refractivity contribution in [1.29, 1.82) is 0 Å². The van der Waals surface area contributed by atoms with Gasteiger partial charge in [0, 0.05) is 10.7 Å². The van der Waals surface area contributed by atoms with Crippen molar-refractivity contribution in [2.24, 2.45) is 0 Å². The molecule has 0 aromatic heterocycles. The lowest BCUT2D eigenvalue weighted by molar-refractivity contribution is 0.247. The molecule has 0 bridgehead atoms. The number of carbonyl (C=O) groups excluding carboxylic acids is 1. The first-order chi connectivity index (χ1) is 11.0. The van der Waals surface area contributed by atoms with Crippen LogP contribution in [0.5, 0.6) is 5.75 Å². The first-order valence-electron chi connectivity index (χ1n) is 7.47. The number of amides is 2. The Balaban J connectivity index is 1.79. The van der Waals surface area contributed by atoms with Crippen LogP contribution in [0.2, 0.25) is 5.02 Å². The SMILES string of the molecule is Cc1cc(Cl)ccc1NC(=O)NCCOc1c(C)cccc1C. The zero-order chi connectivity index (χ0) is 16.8. The molecule has 0 aliphatic carbocycles. The minimum absolute atomic E-state index is 0.263. The van der Waals surface area contributed by atoms with E-state index in [2.05, 4.69) is 10.6 Å². The molecule has 0 saturated carbocycles. The van der Waals surface area contributed by atoms with Gasteiger partial charge in [-0.15, -0.1) is 0 Å². The highest BCUT2D eigenvalue weighted by Gasteiger charge is 2.06. The molecule has 0 aliphatic rings. The van der Waals surface area contributed by atoms with Gasteiger partial charge in [-0.2, -0.15) is 0 Å². The number of hydrogen-bond donors (Lipinski definition) is 2. The summed E-state index contributed by atoms with van der Waals surface area (Å²) in [6.07, 6.45) is 0. The molecule has 2 aromatic carbocycles. The highest BCUT2D eigenvalue weighted by atomic mass is 35.5. The van der Waals surface area contributed by atoms with Crippen LogP contribution in [0.3, 0.4) is 0 Å². The number of halogens is 1. The van der Waals surface area contributed by atoms with Gasteiger partial charge < -0.3 is 15.4 Å². The molecule has 5 heteroatoms. The number of nitrogens with one attached hydrogen (secondary N) is 2. The van der Waals surface area contributed by atoms with Gasteiger partial charge in [0.25, 0.3) is 0 Å². The molecule has 2 aromatic rings. The third-order valence-corrected chi connectivity index (χ3v) is 3.71. The Labute approximate surface area is 141 Å². The van der Waals surface area contributed by atoms with E-state index in [4.69, 9.17) is 16.3 Å². The molecule has 2 amide bonds. The van der Waals surface area contributed by atoms with Crippen molar-refractivity contribution in [3.63, 3.8) is 0 Å². The zero-order valence-corrected chi connectivity index (χ0v) is 14.3. The molecular formula is C18H21ClN2O2. The van der Waals surface area contributed by atoms with E-state index in [1.165, 1.54) is 0 Å². The van der Waals surface area contributed by atoms with Gasteiger partial charge in [0.15, 0.2) is 0 Å². The van der Waals surface area contributed by atoms with Crippen LogP contribution >= 0.6 is 11.6 Å². The van der Waals surface area contributed by atoms with Crippen LogP contribution in [0, 0.1) is 20.8 Å². The van der Waals surface area contributed by atoms with Crippen LogP contribution < -0.4 is 15.4 Å². The summed E-state index contributed by atoms with van der Waals surface area (Å²) < 4.78 is 5.75. The van der Waals surface area contributed by atoms with Crippen molar-refractivity contribution in [2.45, 2.75) is 20.8 Å². The Morgan fingerprint density at radius 2 is 1.78 bits per heavy atom. The molecule has 0 radical (unpaired) electrons. The first-order valence-corrected chi connectivity index (χ1v) is 7.85. The minimum atomic E-state index is -0.263. The molecule has 0 saturated heterocycles. The Morgan fingerprint density at radius 1 is 1.09 bits per heavy atom. The Morgan fingerprint density at radius 3 is 2.43 bits per heavy atom. The fraction of sp³-hybridized carbons (Fsp3) is 0.278. The quantitative estimate of drug-likeness (QED) is 0.794. The van der Waals surface area contributed by atoms with Crippen molar-refractivity contribution >= 4 is 23.3 Å². The van der Waals surface area contributed by atoms with E-state index in [1.54, 1.807) is 18.2 Å². The summed E-state index contributed by atoms with van der Waals surface area (Å²) in [6.45, 7) is 6.74. The number of rotatable bonds is 5. The molecule has 2 N–H and O–H groups in total. The number of ether oxygens (including phenoxy) is 1. The molecule has 0 unspecified atom stereocenters. The molecule has 0 atom stereocenters. The highest BCUT2D eigenvalue weighted by molar-refractivity contribution is 6.30. The van der Waals surface area contributed by atoms with Gasteiger partial charge in [-0.05, 0) is 55.7 Å². The van der Waals surface area contributed by atoms with Gasteiger partial charge in [-0.25, -0.2) is 4.79 Å². The van der Waals surface area contributed by atoms with Crippen molar-refractivity contribution in [1.82, 2.24) is 5.32 Å². The average molecular weight is 333 g/mol. The lowest BCUT2D eigenvalue weighted by Gasteiger charge is -2.13. The number of hydrogen-bond acceptors (Lipinski definition) is 2. The second kappa shape index (κ2) is 7.88. The lowest BCUT2D eigenvalue weighted by Crippen LogP contribution is -2.32. The van der Waals surface area contributed by atoms with Crippen molar-refractivity contribution in [2.75, 3.05) is 18.5 Å². The fourth-order valence-electron chi connectivity index (χ4n) is 2.28. The van der Waals surface area contributed by atoms with E-state index in [0.29, 0.717) is 18.2 Å². The molecule has 0 aliphatic heterocycles. The normalized spacial score (nSPS) is 10.3. The minimum Gasteiger partial charge on any atom is -0.491 e. The maximum absolute atomic E-state index is 11.9. The maximum Gasteiger partial charge on any atom is 0.319 e. The monoisotopic (exact) mass is 332 g/mol. The third-order valence-electron chi connectivity index (χ3n) is 3.48. The van der Waals surface area contributed by atoms with Gasteiger partial charge in [-0.1, -0.05) is 29.8 Å². The van der Waals surface area contributed by atoms with Crippen LogP contribution in [-0.4, -0.2) is 19.2 Å². The summed E-state index contributed by atoms with van der Waals surface area (Å²) in [5.74, 6) is 0.878. The van der Waals surface area contributed by atoms with Crippen molar-refractivity contribution in [3.8, 4) is 5.75 Å². The summed E-state index contributed by atoms with van der Waals surface area (Å²) >= 11 is 5.89. The second-order valence-corrected chi connectivity index (χ2v) is 5.85. The molecule has 0 spiro atoms. The van der Waals surface area contributed by atoms with E-state index >= 15 is 0 Å². The number of benzene rings is 2. The molecule has 2 rings (SSSR count). The van der Waals surface area contributed by atoms with Crippen LogP contribution in [0.1, 0.15) is 16.7 Å². The smallest absolute Gasteiger partial charge is 0.319 e. The van der Waals surface area contributed by atoms with Gasteiger partial charge in [0.2, 0.25) is 0 Å². The Kier molecular flexibility index (Phi) is 5.88. The van der Waals surface area contributed by atoms with Gasteiger partial charge >= 0.3 is 6.03 Å². The number of carbonyl (C=O) groups is 1. The summed E-state index contributed by atoms with van der Waals surface area (Å²) in [5.41, 5.74) is 3.83. The number of urea groups is 1. The Hall–Kier alpha value is -2.20. The van der Waals surface area contributed by atoms with Crippen LogP contribution in [0.15, 0.2) is 36.4 Å². The Bertz CT molecular complexity index is 681. The molecular weight excluding hydrogens is 312 g/mol. The second-order valence-electron chi connectivity index (χ2n) is 5.41. The first kappa shape index (κ1) is 17.2. The number of aryl methyl sites for hydroxylation is 3. The summed E-state index contributed by atoms with van der Waals surface area (Å²) in [6, 6.07) is 11.1. The molecule has 0 heterocycles. The molecule has 23 heavy (non-hydrogen) atoms. The van der Waals surface area contributed by atoms with E-state index in [1.807, 2.05) is 39.0 Å². The van der Waals surface area contributed by atoms with E-state index in [9.17, 15) is 4.79 Å². The average Bonchev–Trinajstić information content (AvgIpc) is 2.49. The molecule has 4 nitrogen and oxygen atoms in total. The van der Waals surface area contributed by atoms with Gasteiger partial charge in [-0.3, -0.25) is 0 Å². The number of para-hydroxylation sites is 1.